The first kappa shape index (κ1) is 13.4. The van der Waals surface area contributed by atoms with Crippen molar-refractivity contribution < 1.29 is 4.74 Å². The van der Waals surface area contributed by atoms with Gasteiger partial charge in [0.05, 0.1) is 0 Å². The predicted octanol–water partition coefficient (Wildman–Crippen LogP) is 2.11. The highest BCUT2D eigenvalue weighted by Gasteiger charge is 2.18. The lowest BCUT2D eigenvalue weighted by atomic mass is 10.0. The van der Waals surface area contributed by atoms with Gasteiger partial charge in [-0.25, -0.2) is 0 Å². The highest BCUT2D eigenvalue weighted by Crippen LogP contribution is 2.23. The Morgan fingerprint density at radius 1 is 1.33 bits per heavy atom. The molecule has 1 aliphatic heterocycles. The third-order valence-electron chi connectivity index (χ3n) is 3.89. The molecule has 1 aliphatic rings. The first-order valence-electron chi connectivity index (χ1n) is 6.82. The molecule has 0 spiro atoms. The van der Waals surface area contributed by atoms with E-state index >= 15 is 0 Å². The molecule has 0 radical (unpaired) electrons. The van der Waals surface area contributed by atoms with E-state index < -0.39 is 0 Å². The Hall–Kier alpha value is -1.06. The zero-order valence-corrected chi connectivity index (χ0v) is 11.5. The summed E-state index contributed by atoms with van der Waals surface area (Å²) in [4.78, 5) is 2.39. The minimum atomic E-state index is 0.610. The van der Waals surface area contributed by atoms with E-state index in [1.807, 2.05) is 0 Å². The number of rotatable bonds is 4. The molecule has 0 bridgehead atoms. The van der Waals surface area contributed by atoms with Crippen LogP contribution in [0.15, 0.2) is 18.2 Å². The highest BCUT2D eigenvalue weighted by molar-refractivity contribution is 5.51. The normalized spacial score (nSPS) is 16.8. The molecule has 1 saturated heterocycles. The average Bonchev–Trinajstić information content (AvgIpc) is 2.41. The summed E-state index contributed by atoms with van der Waals surface area (Å²) < 4.78 is 5.42. The fourth-order valence-corrected chi connectivity index (χ4v) is 2.62. The van der Waals surface area contributed by atoms with Crippen LogP contribution in [-0.2, 0) is 11.2 Å². The molecule has 1 aromatic rings. The lowest BCUT2D eigenvalue weighted by Gasteiger charge is -2.33. The van der Waals surface area contributed by atoms with Crippen molar-refractivity contribution in [3.8, 4) is 0 Å². The van der Waals surface area contributed by atoms with Crippen LogP contribution in [0.1, 0.15) is 24.0 Å². The second-order valence-corrected chi connectivity index (χ2v) is 5.10. The third-order valence-corrected chi connectivity index (χ3v) is 3.89. The van der Waals surface area contributed by atoms with Gasteiger partial charge in [-0.05, 0) is 56.0 Å². The fraction of sp³-hybridized carbons (Fsp3) is 0.600. The molecule has 100 valence electrons. The standard InChI is InChI=1S/C15H24N2O/c1-12-11-15(4-3-13(12)5-8-16)17(2)14-6-9-18-10-7-14/h3-4,11,14H,5-10,16H2,1-2H3. The van der Waals surface area contributed by atoms with E-state index in [4.69, 9.17) is 10.5 Å². The second-order valence-electron chi connectivity index (χ2n) is 5.10. The van der Waals surface area contributed by atoms with Gasteiger partial charge in [0.1, 0.15) is 0 Å². The first-order valence-corrected chi connectivity index (χ1v) is 6.82. The monoisotopic (exact) mass is 248 g/mol. The number of ether oxygens (including phenoxy) is 1. The van der Waals surface area contributed by atoms with Gasteiger partial charge >= 0.3 is 0 Å². The van der Waals surface area contributed by atoms with Crippen LogP contribution in [0.5, 0.6) is 0 Å². The van der Waals surface area contributed by atoms with Crippen LogP contribution in [0.25, 0.3) is 0 Å². The van der Waals surface area contributed by atoms with Crippen molar-refractivity contribution in [2.45, 2.75) is 32.2 Å². The molecule has 2 rings (SSSR count). The van der Waals surface area contributed by atoms with Crippen molar-refractivity contribution in [3.63, 3.8) is 0 Å². The molecule has 2 N–H and O–H groups in total. The smallest absolute Gasteiger partial charge is 0.0485 e. The summed E-state index contributed by atoms with van der Waals surface area (Å²) in [6.45, 7) is 4.67. The Morgan fingerprint density at radius 2 is 2.06 bits per heavy atom. The third kappa shape index (κ3) is 3.03. The van der Waals surface area contributed by atoms with E-state index in [2.05, 4.69) is 37.1 Å². The van der Waals surface area contributed by atoms with Gasteiger partial charge < -0.3 is 15.4 Å². The van der Waals surface area contributed by atoms with Crippen molar-refractivity contribution in [2.24, 2.45) is 5.73 Å². The van der Waals surface area contributed by atoms with Crippen LogP contribution in [-0.4, -0.2) is 32.8 Å². The lowest BCUT2D eigenvalue weighted by molar-refractivity contribution is 0.0855. The van der Waals surface area contributed by atoms with Crippen LogP contribution < -0.4 is 10.6 Å². The first-order chi connectivity index (χ1) is 8.72. The van der Waals surface area contributed by atoms with Crippen molar-refractivity contribution in [1.29, 1.82) is 0 Å². The van der Waals surface area contributed by atoms with Gasteiger partial charge in [0.2, 0.25) is 0 Å². The summed E-state index contributed by atoms with van der Waals surface area (Å²) in [6, 6.07) is 7.32. The topological polar surface area (TPSA) is 38.5 Å². The molecule has 18 heavy (non-hydrogen) atoms. The maximum atomic E-state index is 5.62. The van der Waals surface area contributed by atoms with Crippen LogP contribution >= 0.6 is 0 Å². The second kappa shape index (κ2) is 6.21. The van der Waals surface area contributed by atoms with Gasteiger partial charge in [-0.3, -0.25) is 0 Å². The van der Waals surface area contributed by atoms with E-state index in [0.29, 0.717) is 6.04 Å². The van der Waals surface area contributed by atoms with Gasteiger partial charge in [-0.2, -0.15) is 0 Å². The molecule has 0 aliphatic carbocycles. The highest BCUT2D eigenvalue weighted by atomic mass is 16.5. The van der Waals surface area contributed by atoms with Crippen molar-refractivity contribution in [2.75, 3.05) is 31.7 Å². The predicted molar refractivity (Wildman–Crippen MR) is 76.2 cm³/mol. The van der Waals surface area contributed by atoms with E-state index in [0.717, 1.165) is 39.0 Å². The fourth-order valence-electron chi connectivity index (χ4n) is 2.62. The van der Waals surface area contributed by atoms with Gasteiger partial charge in [0, 0.05) is 32.0 Å². The molecular weight excluding hydrogens is 224 g/mol. The minimum absolute atomic E-state index is 0.610. The molecule has 1 heterocycles. The Balaban J connectivity index is 2.10. The lowest BCUT2D eigenvalue weighted by Crippen LogP contribution is -2.36. The number of hydrogen-bond acceptors (Lipinski definition) is 3. The summed E-state index contributed by atoms with van der Waals surface area (Å²) in [5.41, 5.74) is 9.63. The summed E-state index contributed by atoms with van der Waals surface area (Å²) in [7, 11) is 2.19. The van der Waals surface area contributed by atoms with Crippen LogP contribution in [0.3, 0.4) is 0 Å². The van der Waals surface area contributed by atoms with E-state index in [1.54, 1.807) is 0 Å². The average molecular weight is 248 g/mol. The minimum Gasteiger partial charge on any atom is -0.381 e. The number of anilines is 1. The number of hydrogen-bond donors (Lipinski definition) is 1. The molecule has 0 saturated carbocycles. The van der Waals surface area contributed by atoms with Gasteiger partial charge in [0.25, 0.3) is 0 Å². The zero-order chi connectivity index (χ0) is 13.0. The Morgan fingerprint density at radius 3 is 2.67 bits per heavy atom. The Bertz CT molecular complexity index is 386. The Labute approximate surface area is 110 Å². The molecule has 0 unspecified atom stereocenters. The van der Waals surface area contributed by atoms with Crippen molar-refractivity contribution >= 4 is 5.69 Å². The van der Waals surface area contributed by atoms with Crippen LogP contribution in [0.2, 0.25) is 0 Å². The van der Waals surface area contributed by atoms with E-state index in [-0.39, 0.29) is 0 Å². The number of aryl methyl sites for hydroxylation is 1. The molecule has 0 aromatic heterocycles. The molecule has 0 amide bonds. The zero-order valence-electron chi connectivity index (χ0n) is 11.5. The van der Waals surface area contributed by atoms with Crippen LogP contribution in [0, 0.1) is 6.92 Å². The van der Waals surface area contributed by atoms with Crippen molar-refractivity contribution in [3.05, 3.63) is 29.3 Å². The van der Waals surface area contributed by atoms with E-state index in [1.165, 1.54) is 16.8 Å². The molecule has 1 aromatic carbocycles. The Kier molecular flexibility index (Phi) is 4.61. The van der Waals surface area contributed by atoms with Crippen LogP contribution in [0.4, 0.5) is 5.69 Å². The SMILES string of the molecule is Cc1cc(N(C)C2CCOCC2)ccc1CCN. The molecule has 0 atom stereocenters. The van der Waals surface area contributed by atoms with Gasteiger partial charge in [-0.1, -0.05) is 6.07 Å². The number of benzene rings is 1. The number of nitrogens with two attached hydrogens (primary N) is 1. The summed E-state index contributed by atoms with van der Waals surface area (Å²) in [5.74, 6) is 0. The maximum absolute atomic E-state index is 5.62. The summed E-state index contributed by atoms with van der Waals surface area (Å²) >= 11 is 0. The van der Waals surface area contributed by atoms with Crippen molar-refractivity contribution in [1.82, 2.24) is 0 Å². The molecular formula is C15H24N2O. The van der Waals surface area contributed by atoms with Gasteiger partial charge in [-0.15, -0.1) is 0 Å². The molecule has 3 nitrogen and oxygen atoms in total. The summed E-state index contributed by atoms with van der Waals surface area (Å²) in [6.07, 6.45) is 3.22. The molecule has 3 heteroatoms. The maximum Gasteiger partial charge on any atom is 0.0485 e. The number of nitrogens with zero attached hydrogens (tertiary/aromatic N) is 1. The quantitative estimate of drug-likeness (QED) is 0.887. The summed E-state index contributed by atoms with van der Waals surface area (Å²) in [5, 5.41) is 0. The molecule has 1 fully saturated rings. The van der Waals surface area contributed by atoms with E-state index in [9.17, 15) is 0 Å². The largest absolute Gasteiger partial charge is 0.381 e. The van der Waals surface area contributed by atoms with Gasteiger partial charge in [0.15, 0.2) is 0 Å².